The Labute approximate surface area is 89.3 Å². The molecule has 0 saturated carbocycles. The second-order valence-electron chi connectivity index (χ2n) is 3.81. The van der Waals surface area contributed by atoms with E-state index in [9.17, 15) is 22.9 Å². The summed E-state index contributed by atoms with van der Waals surface area (Å²) < 4.78 is 29.0. The molecule has 0 bridgehead atoms. The minimum atomic E-state index is -4.17. The minimum Gasteiger partial charge on any atom is -0.748 e. The van der Waals surface area contributed by atoms with Gasteiger partial charge in [-0.25, -0.2) is 8.42 Å². The zero-order valence-corrected chi connectivity index (χ0v) is 9.78. The van der Waals surface area contributed by atoms with Crippen molar-refractivity contribution in [3.63, 3.8) is 0 Å². The number of carboxylic acids is 1. The van der Waals surface area contributed by atoms with Crippen LogP contribution in [0.15, 0.2) is 0 Å². The molecule has 0 saturated heterocycles. The summed E-state index contributed by atoms with van der Waals surface area (Å²) in [5.41, 5.74) is 0. The molecule has 0 aromatic carbocycles. The fraction of sp³-hybridized carbons (Fsp3) is 0.857. The van der Waals surface area contributed by atoms with E-state index < -0.39 is 28.4 Å². The van der Waals surface area contributed by atoms with Crippen LogP contribution in [0, 0.1) is 0 Å². The van der Waals surface area contributed by atoms with Crippen LogP contribution in [0.1, 0.15) is 0 Å². The van der Waals surface area contributed by atoms with Gasteiger partial charge in [0.25, 0.3) is 0 Å². The molecule has 0 unspecified atom stereocenters. The van der Waals surface area contributed by atoms with E-state index >= 15 is 0 Å². The third kappa shape index (κ3) is 24.7. The molecular weight excluding hydrogens is 226 g/mol. The molecule has 92 valence electrons. The van der Waals surface area contributed by atoms with Crippen LogP contribution in [0.4, 0.5) is 0 Å². The maximum absolute atomic E-state index is 9.89. The van der Waals surface area contributed by atoms with Gasteiger partial charge >= 0.3 is 0 Å². The van der Waals surface area contributed by atoms with Crippen LogP contribution < -0.4 is 5.11 Å². The van der Waals surface area contributed by atoms with Crippen molar-refractivity contribution >= 4 is 16.1 Å². The number of quaternary nitrogens is 1. The Morgan fingerprint density at radius 1 is 1.33 bits per heavy atom. The van der Waals surface area contributed by atoms with E-state index in [1.165, 1.54) is 0 Å². The third-order valence-electron chi connectivity index (χ3n) is 0.945. The molecule has 0 aromatic rings. The number of aliphatic hydroxyl groups is 1. The van der Waals surface area contributed by atoms with Gasteiger partial charge in [0, 0.05) is 0 Å². The van der Waals surface area contributed by atoms with Crippen molar-refractivity contribution in [3.05, 3.63) is 0 Å². The lowest BCUT2D eigenvalue weighted by Crippen LogP contribution is -2.45. The van der Waals surface area contributed by atoms with Crippen molar-refractivity contribution in [3.8, 4) is 0 Å². The summed E-state index contributed by atoms with van der Waals surface area (Å²) in [7, 11) is 1.23. The molecule has 0 amide bonds. The molecule has 0 rings (SSSR count). The van der Waals surface area contributed by atoms with Gasteiger partial charge in [-0.1, -0.05) is 0 Å². The first-order chi connectivity index (χ1) is 6.48. The monoisotopic (exact) mass is 242 g/mol. The molecule has 0 fully saturated rings. The molecule has 8 heteroatoms. The normalized spacial score (nSPS) is 11.5. The van der Waals surface area contributed by atoms with Gasteiger partial charge in [0.1, 0.15) is 6.54 Å². The summed E-state index contributed by atoms with van der Waals surface area (Å²) in [5, 5.41) is 17.7. The van der Waals surface area contributed by atoms with E-state index in [1.54, 1.807) is 21.1 Å². The molecule has 0 aliphatic heterocycles. The number of carbonyl (C=O) groups is 1. The predicted molar refractivity (Wildman–Crippen MR) is 49.6 cm³/mol. The van der Waals surface area contributed by atoms with Gasteiger partial charge < -0.3 is 24.0 Å². The molecule has 0 spiro atoms. The summed E-state index contributed by atoms with van der Waals surface area (Å²) in [4.78, 5) is 9.89. The summed E-state index contributed by atoms with van der Waals surface area (Å²) in [6.45, 7) is -0.522. The molecule has 0 radical (unpaired) electrons. The topological polar surface area (TPSA) is 118 Å². The number of hydrogen-bond donors (Lipinski definition) is 1. The van der Waals surface area contributed by atoms with Gasteiger partial charge in [-0.15, -0.1) is 0 Å². The fourth-order valence-corrected chi connectivity index (χ4v) is 0.723. The number of aliphatic hydroxyl groups excluding tert-OH is 1. The fourth-order valence-electron chi connectivity index (χ4n) is 0.499. The number of hydrogen-bond acceptors (Lipinski definition) is 6. The number of likely N-dealkylation sites (N-methyl/N-ethyl adjacent to an activating group) is 1. The van der Waals surface area contributed by atoms with Gasteiger partial charge in [-0.3, -0.25) is 0 Å². The summed E-state index contributed by atoms with van der Waals surface area (Å²) in [6.07, 6.45) is 0. The third-order valence-corrected chi connectivity index (χ3v) is 1.63. The average Bonchev–Trinajstić information content (AvgIpc) is 1.77. The average molecular weight is 242 g/mol. The Morgan fingerprint density at radius 2 is 1.73 bits per heavy atom. The van der Waals surface area contributed by atoms with E-state index in [4.69, 9.17) is 5.11 Å². The predicted octanol–water partition coefficient (Wildman–Crippen LogP) is -3.03. The zero-order chi connectivity index (χ0) is 12.7. The van der Waals surface area contributed by atoms with Crippen molar-refractivity contribution < 1.29 is 32.5 Å². The molecule has 7 nitrogen and oxygen atoms in total. The molecule has 0 aromatic heterocycles. The summed E-state index contributed by atoms with van der Waals surface area (Å²) >= 11 is 0. The molecule has 0 aliphatic rings. The largest absolute Gasteiger partial charge is 0.748 e. The van der Waals surface area contributed by atoms with Crippen LogP contribution in [0.3, 0.4) is 0 Å². The highest BCUT2D eigenvalue weighted by atomic mass is 32.2. The Hall–Kier alpha value is -0.700. The smallest absolute Gasteiger partial charge is 0.118 e. The second-order valence-corrected chi connectivity index (χ2v) is 5.33. The standard InChI is InChI=1S/C5H11NO2.C2H6O4S/c1-6(2,3)4-5(7)8;3-1-2-7(4,5)6/h4H2,1-3H3;3H,1-2H2,(H,4,5,6)/p-1. The van der Waals surface area contributed by atoms with Crippen LogP contribution >= 0.6 is 0 Å². The van der Waals surface area contributed by atoms with Crippen LogP contribution in [0.2, 0.25) is 0 Å². The maximum Gasteiger partial charge on any atom is 0.118 e. The summed E-state index contributed by atoms with van der Waals surface area (Å²) in [5.74, 6) is -1.69. The lowest BCUT2D eigenvalue weighted by atomic mass is 10.5. The number of carboxylic acid groups (broad SMARTS) is 1. The van der Waals surface area contributed by atoms with E-state index in [1.807, 2.05) is 0 Å². The van der Waals surface area contributed by atoms with E-state index in [2.05, 4.69) is 0 Å². The molecule has 15 heavy (non-hydrogen) atoms. The first kappa shape index (κ1) is 16.7. The highest BCUT2D eigenvalue weighted by Gasteiger charge is 2.04. The van der Waals surface area contributed by atoms with Gasteiger partial charge in [0.05, 0.1) is 49.6 Å². The van der Waals surface area contributed by atoms with Crippen LogP contribution in [-0.4, -0.2) is 68.6 Å². The summed E-state index contributed by atoms with van der Waals surface area (Å²) in [6, 6.07) is 0. The second kappa shape index (κ2) is 6.72. The van der Waals surface area contributed by atoms with Crippen molar-refractivity contribution in [1.29, 1.82) is 0 Å². The molecule has 1 N–H and O–H groups in total. The van der Waals surface area contributed by atoms with Crippen LogP contribution in [0.25, 0.3) is 0 Å². The Bertz CT molecular complexity index is 278. The zero-order valence-electron chi connectivity index (χ0n) is 8.97. The van der Waals surface area contributed by atoms with Crippen LogP contribution in [0.5, 0.6) is 0 Å². The quantitative estimate of drug-likeness (QED) is 0.414. The number of aliphatic carboxylic acids is 1. The first-order valence-electron chi connectivity index (χ1n) is 4.02. The first-order valence-corrected chi connectivity index (χ1v) is 5.60. The van der Waals surface area contributed by atoms with Gasteiger partial charge in [-0.2, -0.15) is 0 Å². The SMILES string of the molecule is C[N+](C)(C)CC(=O)[O-].O=S(=O)([O-])CCO. The maximum atomic E-state index is 9.89. The number of nitrogens with zero attached hydrogens (tertiary/aromatic N) is 1. The minimum absolute atomic E-state index is 0.0694. The van der Waals surface area contributed by atoms with E-state index in [0.717, 1.165) is 0 Å². The Balaban J connectivity index is 0. The highest BCUT2D eigenvalue weighted by molar-refractivity contribution is 7.85. The van der Waals surface area contributed by atoms with E-state index in [0.29, 0.717) is 4.48 Å². The van der Waals surface area contributed by atoms with Gasteiger partial charge in [0.2, 0.25) is 0 Å². The van der Waals surface area contributed by atoms with E-state index in [-0.39, 0.29) is 6.54 Å². The van der Waals surface area contributed by atoms with Gasteiger partial charge in [-0.05, 0) is 0 Å². The Kier molecular flexibility index (Phi) is 7.49. The Morgan fingerprint density at radius 3 is 1.73 bits per heavy atom. The van der Waals surface area contributed by atoms with Gasteiger partial charge in [0.15, 0.2) is 0 Å². The lowest BCUT2D eigenvalue weighted by molar-refractivity contribution is -0.864. The molecular formula is C7H16NO6S-. The number of rotatable bonds is 4. The highest BCUT2D eigenvalue weighted by Crippen LogP contribution is 1.84. The molecule has 0 heterocycles. The van der Waals surface area contributed by atoms with Crippen molar-refractivity contribution in [1.82, 2.24) is 0 Å². The van der Waals surface area contributed by atoms with Crippen LogP contribution in [-0.2, 0) is 14.9 Å². The van der Waals surface area contributed by atoms with Crippen molar-refractivity contribution in [2.75, 3.05) is 40.0 Å². The number of carbonyl (C=O) groups excluding carboxylic acids is 1. The molecule has 0 aliphatic carbocycles. The molecule has 0 atom stereocenters. The van der Waals surface area contributed by atoms with Crippen molar-refractivity contribution in [2.45, 2.75) is 0 Å². The van der Waals surface area contributed by atoms with Crippen molar-refractivity contribution in [2.24, 2.45) is 0 Å². The lowest BCUT2D eigenvalue weighted by Gasteiger charge is -2.23.